The first-order chi connectivity index (χ1) is 12.8. The topological polar surface area (TPSA) is 58.2 Å². The van der Waals surface area contributed by atoms with E-state index in [0.29, 0.717) is 11.1 Å². The number of rotatable bonds is 6. The molecule has 2 rings (SSSR count). The summed E-state index contributed by atoms with van der Waals surface area (Å²) in [6, 6.07) is 5.29. The van der Waals surface area contributed by atoms with Gasteiger partial charge in [-0.3, -0.25) is 0 Å². The van der Waals surface area contributed by atoms with Crippen LogP contribution in [0.15, 0.2) is 35.2 Å². The minimum Gasteiger partial charge on any atom is -0.381 e. The van der Waals surface area contributed by atoms with Gasteiger partial charge in [0.05, 0.1) is 20.6 Å². The van der Waals surface area contributed by atoms with Crippen LogP contribution in [0.4, 0.5) is 18.9 Å². The van der Waals surface area contributed by atoms with E-state index in [-0.39, 0.29) is 20.6 Å². The van der Waals surface area contributed by atoms with Gasteiger partial charge in [-0.05, 0) is 44.0 Å². The molecular formula is C18H19Cl2F3N2O2S. The van der Waals surface area contributed by atoms with Crippen LogP contribution in [0.1, 0.15) is 16.7 Å². The number of benzene rings is 2. The zero-order chi connectivity index (χ0) is 21.3. The van der Waals surface area contributed by atoms with Gasteiger partial charge in [0.2, 0.25) is 10.0 Å². The first-order valence-corrected chi connectivity index (χ1v) is 10.4. The minimum atomic E-state index is -4.83. The molecule has 28 heavy (non-hydrogen) atoms. The number of aryl methyl sites for hydroxylation is 3. The monoisotopic (exact) mass is 454 g/mol. The highest BCUT2D eigenvalue weighted by Crippen LogP contribution is 2.31. The van der Waals surface area contributed by atoms with E-state index in [0.717, 1.165) is 5.56 Å². The van der Waals surface area contributed by atoms with E-state index < -0.39 is 28.8 Å². The lowest BCUT2D eigenvalue weighted by Gasteiger charge is -2.24. The molecule has 0 radical (unpaired) electrons. The van der Waals surface area contributed by atoms with Gasteiger partial charge in [0.1, 0.15) is 6.04 Å². The van der Waals surface area contributed by atoms with Gasteiger partial charge in [-0.25, -0.2) is 8.42 Å². The highest BCUT2D eigenvalue weighted by Gasteiger charge is 2.42. The molecule has 4 nitrogen and oxygen atoms in total. The lowest BCUT2D eigenvalue weighted by Crippen LogP contribution is -2.49. The van der Waals surface area contributed by atoms with Crippen LogP contribution in [0.2, 0.25) is 10.0 Å². The maximum atomic E-state index is 13.5. The van der Waals surface area contributed by atoms with Crippen molar-refractivity contribution in [3.8, 4) is 0 Å². The number of para-hydroxylation sites is 1. The van der Waals surface area contributed by atoms with Crippen LogP contribution < -0.4 is 10.0 Å². The fourth-order valence-electron chi connectivity index (χ4n) is 2.93. The average Bonchev–Trinajstić information content (AvgIpc) is 2.50. The minimum absolute atomic E-state index is 0.0991. The molecule has 1 unspecified atom stereocenters. The Balaban J connectivity index is 2.32. The van der Waals surface area contributed by atoms with Crippen molar-refractivity contribution in [1.29, 1.82) is 0 Å². The maximum Gasteiger partial charge on any atom is 0.406 e. The predicted octanol–water partition coefficient (Wildman–Crippen LogP) is 5.24. The largest absolute Gasteiger partial charge is 0.406 e. The van der Waals surface area contributed by atoms with Crippen molar-refractivity contribution in [3.63, 3.8) is 0 Å². The number of nitrogens with one attached hydrogen (secondary N) is 2. The molecule has 154 valence electrons. The Morgan fingerprint density at radius 1 is 1.04 bits per heavy atom. The Kier molecular flexibility index (Phi) is 6.91. The molecule has 10 heteroatoms. The summed E-state index contributed by atoms with van der Waals surface area (Å²) in [5.74, 6) is 0. The quantitative estimate of drug-likeness (QED) is 0.627. The van der Waals surface area contributed by atoms with E-state index in [2.05, 4.69) is 5.32 Å². The van der Waals surface area contributed by atoms with Crippen LogP contribution >= 0.6 is 23.2 Å². The van der Waals surface area contributed by atoms with Crippen LogP contribution in [0.25, 0.3) is 0 Å². The Bertz CT molecular complexity index is 936. The molecule has 0 saturated heterocycles. The normalized spacial score (nSPS) is 13.4. The second-order valence-electron chi connectivity index (χ2n) is 6.42. The second-order valence-corrected chi connectivity index (χ2v) is 8.89. The number of sulfonamides is 1. The van der Waals surface area contributed by atoms with E-state index in [1.54, 1.807) is 43.7 Å². The zero-order valence-electron chi connectivity index (χ0n) is 15.3. The molecule has 2 N–H and O–H groups in total. The molecule has 0 heterocycles. The third-order valence-corrected chi connectivity index (χ3v) is 6.42. The van der Waals surface area contributed by atoms with Crippen molar-refractivity contribution in [1.82, 2.24) is 4.72 Å². The Morgan fingerprint density at radius 2 is 1.54 bits per heavy atom. The van der Waals surface area contributed by atoms with Gasteiger partial charge in [-0.15, -0.1) is 0 Å². The van der Waals surface area contributed by atoms with Gasteiger partial charge in [0.15, 0.2) is 0 Å². The predicted molar refractivity (Wildman–Crippen MR) is 106 cm³/mol. The molecule has 0 fully saturated rings. The van der Waals surface area contributed by atoms with Gasteiger partial charge in [0.25, 0.3) is 0 Å². The summed E-state index contributed by atoms with van der Waals surface area (Å²) in [4.78, 5) is -0.164. The van der Waals surface area contributed by atoms with Gasteiger partial charge >= 0.3 is 6.18 Å². The van der Waals surface area contributed by atoms with Gasteiger partial charge in [-0.1, -0.05) is 47.0 Å². The van der Waals surface area contributed by atoms with Gasteiger partial charge < -0.3 is 5.32 Å². The Hall–Kier alpha value is -1.48. The van der Waals surface area contributed by atoms with Crippen LogP contribution in [0.5, 0.6) is 0 Å². The van der Waals surface area contributed by atoms with Crippen LogP contribution in [-0.2, 0) is 10.0 Å². The number of anilines is 1. The van der Waals surface area contributed by atoms with Crippen LogP contribution in [0.3, 0.4) is 0 Å². The highest BCUT2D eigenvalue weighted by atomic mass is 35.5. The van der Waals surface area contributed by atoms with Crippen LogP contribution in [-0.4, -0.2) is 27.2 Å². The number of alkyl halides is 3. The molecule has 0 amide bonds. The van der Waals surface area contributed by atoms with Crippen molar-refractivity contribution >= 4 is 38.9 Å². The molecular weight excluding hydrogens is 436 g/mol. The van der Waals surface area contributed by atoms with Gasteiger partial charge in [0, 0.05) is 6.54 Å². The summed E-state index contributed by atoms with van der Waals surface area (Å²) >= 11 is 11.9. The second kappa shape index (κ2) is 8.49. The van der Waals surface area contributed by atoms with Crippen molar-refractivity contribution in [2.45, 2.75) is 37.9 Å². The molecule has 2 aromatic rings. The molecule has 1 atom stereocenters. The summed E-state index contributed by atoms with van der Waals surface area (Å²) in [7, 11) is -4.42. The van der Waals surface area contributed by atoms with E-state index in [1.807, 2.05) is 0 Å². The third kappa shape index (κ3) is 5.31. The zero-order valence-corrected chi connectivity index (χ0v) is 17.6. The van der Waals surface area contributed by atoms with Crippen LogP contribution in [0, 0.1) is 20.8 Å². The highest BCUT2D eigenvalue weighted by molar-refractivity contribution is 7.89. The van der Waals surface area contributed by atoms with E-state index in [1.165, 1.54) is 12.1 Å². The summed E-state index contributed by atoms with van der Waals surface area (Å²) in [6.45, 7) is 4.08. The third-order valence-electron chi connectivity index (χ3n) is 4.01. The Labute approximate surface area is 172 Å². The lowest BCUT2D eigenvalue weighted by molar-refractivity contribution is -0.148. The van der Waals surface area contributed by atoms with Gasteiger partial charge in [-0.2, -0.15) is 17.9 Å². The van der Waals surface area contributed by atoms with Crippen molar-refractivity contribution < 1.29 is 21.6 Å². The molecule has 0 aliphatic heterocycles. The average molecular weight is 455 g/mol. The van der Waals surface area contributed by atoms with Crippen molar-refractivity contribution in [2.75, 3.05) is 11.9 Å². The number of hydrogen-bond acceptors (Lipinski definition) is 3. The summed E-state index contributed by atoms with van der Waals surface area (Å²) in [5.41, 5.74) is 1.65. The first kappa shape index (κ1) is 22.8. The van der Waals surface area contributed by atoms with E-state index in [4.69, 9.17) is 23.2 Å². The first-order valence-electron chi connectivity index (χ1n) is 8.17. The fourth-order valence-corrected chi connectivity index (χ4v) is 5.14. The van der Waals surface area contributed by atoms with Crippen molar-refractivity contribution in [3.05, 3.63) is 57.1 Å². The molecule has 0 aliphatic carbocycles. The standard InChI is InChI=1S/C18H19Cl2F3N2O2S/c1-10-7-11(2)17(12(3)8-10)28(26,27)25-15(18(21,22)23)9-24-16-13(19)5-4-6-14(16)20/h4-8,15,24-25H,9H2,1-3H3. The molecule has 0 aliphatic rings. The van der Waals surface area contributed by atoms with Crippen molar-refractivity contribution in [2.24, 2.45) is 0 Å². The molecule has 0 spiro atoms. The molecule has 0 aromatic heterocycles. The molecule has 0 saturated carbocycles. The Morgan fingerprint density at radius 3 is 2.00 bits per heavy atom. The SMILES string of the molecule is Cc1cc(C)c(S(=O)(=O)NC(CNc2c(Cl)cccc2Cl)C(F)(F)F)c(C)c1. The van der Waals surface area contributed by atoms with E-state index in [9.17, 15) is 21.6 Å². The lowest BCUT2D eigenvalue weighted by atomic mass is 10.1. The molecule has 2 aromatic carbocycles. The number of halogens is 5. The summed E-state index contributed by atoms with van der Waals surface area (Å²) < 4.78 is 67.7. The smallest absolute Gasteiger partial charge is 0.381 e. The maximum absolute atomic E-state index is 13.5. The van der Waals surface area contributed by atoms with E-state index >= 15 is 0 Å². The molecule has 0 bridgehead atoms. The summed E-state index contributed by atoms with van der Waals surface area (Å²) in [5, 5.41) is 2.74. The number of hydrogen-bond donors (Lipinski definition) is 2. The fraction of sp³-hybridized carbons (Fsp3) is 0.333. The summed E-state index contributed by atoms with van der Waals surface area (Å²) in [6.07, 6.45) is -4.83.